The first-order chi connectivity index (χ1) is 13.5. The number of thiazole rings is 1. The van der Waals surface area contributed by atoms with Gasteiger partial charge in [0.1, 0.15) is 11.7 Å². The summed E-state index contributed by atoms with van der Waals surface area (Å²) in [4.78, 5) is 34.9. The standard InChI is InChI=1S/C19H17N3O2S4/c1-19-7-6-14(23)22(19)11(10-27-19)17(24)21-18-20-15(12-4-2-8-25-12)16(28-18)13-5-3-9-26-13/h2-5,8-9,11H,6-7,10H2,1H3,(H,20,21,24)/t11-,19+/m0/s1. The van der Waals surface area contributed by atoms with Crippen molar-refractivity contribution < 1.29 is 9.59 Å². The topological polar surface area (TPSA) is 62.3 Å². The molecule has 5 heterocycles. The highest BCUT2D eigenvalue weighted by molar-refractivity contribution is 8.01. The van der Waals surface area contributed by atoms with E-state index >= 15 is 0 Å². The molecule has 0 bridgehead atoms. The third-order valence-electron chi connectivity index (χ3n) is 5.10. The lowest BCUT2D eigenvalue weighted by atomic mass is 10.2. The van der Waals surface area contributed by atoms with Crippen molar-refractivity contribution in [2.45, 2.75) is 30.7 Å². The molecule has 28 heavy (non-hydrogen) atoms. The van der Waals surface area contributed by atoms with Gasteiger partial charge in [0.05, 0.1) is 14.6 Å². The lowest BCUT2D eigenvalue weighted by Gasteiger charge is -2.29. The molecule has 0 radical (unpaired) electrons. The molecule has 0 unspecified atom stereocenters. The van der Waals surface area contributed by atoms with Crippen molar-refractivity contribution in [1.82, 2.24) is 9.88 Å². The number of thioether (sulfide) groups is 1. The van der Waals surface area contributed by atoms with Crippen LogP contribution in [0.1, 0.15) is 19.8 Å². The van der Waals surface area contributed by atoms with E-state index in [9.17, 15) is 9.59 Å². The molecule has 2 aliphatic rings. The van der Waals surface area contributed by atoms with Gasteiger partial charge in [0.15, 0.2) is 5.13 Å². The van der Waals surface area contributed by atoms with Gasteiger partial charge in [-0.25, -0.2) is 4.98 Å². The zero-order valence-electron chi connectivity index (χ0n) is 15.0. The summed E-state index contributed by atoms with van der Waals surface area (Å²) in [6.07, 6.45) is 1.33. The van der Waals surface area contributed by atoms with Crippen molar-refractivity contribution in [2.75, 3.05) is 11.1 Å². The molecule has 0 aliphatic carbocycles. The highest BCUT2D eigenvalue weighted by Crippen LogP contribution is 2.48. The summed E-state index contributed by atoms with van der Waals surface area (Å²) < 4.78 is 0. The van der Waals surface area contributed by atoms with E-state index in [-0.39, 0.29) is 16.7 Å². The molecule has 5 nitrogen and oxygen atoms in total. The average Bonchev–Trinajstić information content (AvgIpc) is 3.45. The van der Waals surface area contributed by atoms with Gasteiger partial charge in [-0.3, -0.25) is 9.59 Å². The SMILES string of the molecule is C[C@@]12CCC(=O)N1[C@H](C(=O)Nc1nc(-c3cccs3)c(-c3cccs3)s1)CS2. The van der Waals surface area contributed by atoms with Gasteiger partial charge >= 0.3 is 0 Å². The van der Waals surface area contributed by atoms with Crippen molar-refractivity contribution in [3.8, 4) is 20.3 Å². The Labute approximate surface area is 178 Å². The molecule has 3 aromatic heterocycles. The molecule has 0 spiro atoms. The third kappa shape index (κ3) is 3.01. The Hall–Kier alpha value is -1.68. The summed E-state index contributed by atoms with van der Waals surface area (Å²) in [5.74, 6) is 0.565. The predicted octanol–water partition coefficient (Wildman–Crippen LogP) is 4.99. The number of aromatic nitrogens is 1. The van der Waals surface area contributed by atoms with E-state index in [1.165, 1.54) is 11.3 Å². The largest absolute Gasteiger partial charge is 0.315 e. The highest BCUT2D eigenvalue weighted by Gasteiger charge is 2.53. The normalized spacial score (nSPS) is 24.0. The zero-order chi connectivity index (χ0) is 19.3. The van der Waals surface area contributed by atoms with Gasteiger partial charge in [0.25, 0.3) is 0 Å². The van der Waals surface area contributed by atoms with E-state index < -0.39 is 6.04 Å². The maximum Gasteiger partial charge on any atom is 0.249 e. The fourth-order valence-electron chi connectivity index (χ4n) is 3.73. The minimum Gasteiger partial charge on any atom is -0.315 e. The van der Waals surface area contributed by atoms with Crippen LogP contribution >= 0.6 is 45.8 Å². The Balaban J connectivity index is 1.44. The molecule has 2 amide bonds. The van der Waals surface area contributed by atoms with Gasteiger partial charge in [0.2, 0.25) is 11.8 Å². The lowest BCUT2D eigenvalue weighted by Crippen LogP contribution is -2.48. The zero-order valence-corrected chi connectivity index (χ0v) is 18.3. The van der Waals surface area contributed by atoms with Gasteiger partial charge in [-0.15, -0.1) is 34.4 Å². The Bertz CT molecular complexity index is 976. The minimum absolute atomic E-state index is 0.0744. The second-order valence-corrected chi connectivity index (χ2v) is 11.3. The van der Waals surface area contributed by atoms with Gasteiger partial charge in [0, 0.05) is 17.1 Å². The number of carbonyl (C=O) groups excluding carboxylic acids is 2. The molecule has 2 fully saturated rings. The van der Waals surface area contributed by atoms with Gasteiger partial charge in [-0.2, -0.15) is 0 Å². The first-order valence-corrected chi connectivity index (χ1v) is 12.5. The molecule has 0 aromatic carbocycles. The molecule has 9 heteroatoms. The van der Waals surface area contributed by atoms with Crippen LogP contribution in [0.15, 0.2) is 35.0 Å². The maximum absolute atomic E-state index is 13.0. The van der Waals surface area contributed by atoms with Gasteiger partial charge in [-0.1, -0.05) is 23.5 Å². The molecule has 1 N–H and O–H groups in total. The van der Waals surface area contributed by atoms with E-state index in [2.05, 4.69) is 18.3 Å². The first kappa shape index (κ1) is 18.4. The molecule has 2 aliphatic heterocycles. The summed E-state index contributed by atoms with van der Waals surface area (Å²) in [7, 11) is 0. The second kappa shape index (κ2) is 6.98. The Kier molecular flexibility index (Phi) is 4.58. The van der Waals surface area contributed by atoms with E-state index in [1.807, 2.05) is 29.0 Å². The summed E-state index contributed by atoms with van der Waals surface area (Å²) >= 11 is 6.49. The van der Waals surface area contributed by atoms with Gasteiger partial charge < -0.3 is 10.2 Å². The van der Waals surface area contributed by atoms with Crippen molar-refractivity contribution >= 4 is 62.7 Å². The van der Waals surface area contributed by atoms with Gasteiger partial charge in [-0.05, 0) is 36.2 Å². The summed E-state index contributed by atoms with van der Waals surface area (Å²) in [6, 6.07) is 7.72. The molecule has 0 saturated carbocycles. The van der Waals surface area contributed by atoms with E-state index in [1.54, 1.807) is 39.3 Å². The van der Waals surface area contributed by atoms with Crippen molar-refractivity contribution in [1.29, 1.82) is 0 Å². The molecule has 3 aromatic rings. The van der Waals surface area contributed by atoms with Crippen LogP contribution < -0.4 is 5.32 Å². The van der Waals surface area contributed by atoms with Crippen LogP contribution in [0.4, 0.5) is 5.13 Å². The Morgan fingerprint density at radius 2 is 2.00 bits per heavy atom. The molecule has 2 atom stereocenters. The quantitative estimate of drug-likeness (QED) is 0.612. The maximum atomic E-state index is 13.0. The summed E-state index contributed by atoms with van der Waals surface area (Å²) in [5, 5.41) is 7.65. The number of anilines is 1. The molecule has 144 valence electrons. The first-order valence-electron chi connectivity index (χ1n) is 8.91. The van der Waals surface area contributed by atoms with Crippen molar-refractivity contribution in [3.63, 3.8) is 0 Å². The van der Waals surface area contributed by atoms with Crippen LogP contribution in [-0.4, -0.2) is 38.4 Å². The number of hydrogen-bond acceptors (Lipinski definition) is 7. The highest BCUT2D eigenvalue weighted by atomic mass is 32.2. The fraction of sp³-hybridized carbons (Fsp3) is 0.316. The number of hydrogen-bond donors (Lipinski definition) is 1. The predicted molar refractivity (Wildman–Crippen MR) is 118 cm³/mol. The fourth-order valence-corrected chi connectivity index (χ4v) is 7.79. The van der Waals surface area contributed by atoms with Crippen LogP contribution in [0, 0.1) is 0 Å². The average molecular weight is 448 g/mol. The van der Waals surface area contributed by atoms with Crippen LogP contribution in [0.3, 0.4) is 0 Å². The monoisotopic (exact) mass is 447 g/mol. The number of rotatable bonds is 4. The van der Waals surface area contributed by atoms with Crippen LogP contribution in [0.2, 0.25) is 0 Å². The van der Waals surface area contributed by atoms with Crippen LogP contribution in [0.5, 0.6) is 0 Å². The smallest absolute Gasteiger partial charge is 0.249 e. The number of fused-ring (bicyclic) bond motifs is 1. The van der Waals surface area contributed by atoms with E-state index in [0.29, 0.717) is 17.3 Å². The second-order valence-electron chi connectivity index (χ2n) is 6.91. The number of amides is 2. The van der Waals surface area contributed by atoms with Crippen molar-refractivity contribution in [2.24, 2.45) is 0 Å². The number of nitrogens with one attached hydrogen (secondary N) is 1. The summed E-state index contributed by atoms with van der Waals surface area (Å²) in [5.41, 5.74) is 0.903. The number of thiophene rings is 2. The minimum atomic E-state index is -0.427. The number of carbonyl (C=O) groups is 2. The Morgan fingerprint density at radius 1 is 1.25 bits per heavy atom. The summed E-state index contributed by atoms with van der Waals surface area (Å²) in [6.45, 7) is 2.06. The molecular weight excluding hydrogens is 430 g/mol. The van der Waals surface area contributed by atoms with Crippen molar-refractivity contribution in [3.05, 3.63) is 35.0 Å². The Morgan fingerprint density at radius 3 is 2.71 bits per heavy atom. The van der Waals surface area contributed by atoms with E-state index in [4.69, 9.17) is 4.98 Å². The van der Waals surface area contributed by atoms with E-state index in [0.717, 1.165) is 26.7 Å². The third-order valence-corrected chi connectivity index (χ3v) is 9.51. The number of nitrogens with zero attached hydrogens (tertiary/aromatic N) is 2. The molecular formula is C19H17N3O2S4. The lowest BCUT2D eigenvalue weighted by molar-refractivity contribution is -0.135. The molecule has 2 saturated heterocycles. The molecule has 5 rings (SSSR count). The van der Waals surface area contributed by atoms with Crippen LogP contribution in [-0.2, 0) is 9.59 Å². The van der Waals surface area contributed by atoms with Crippen LogP contribution in [0.25, 0.3) is 20.3 Å².